The number of amides is 2. The van der Waals surface area contributed by atoms with Crippen molar-refractivity contribution in [3.8, 4) is 0 Å². The standard InChI is InChI=1S/C25H31N5O2/c1-17-13-19(14-22-21(17)15-23(27-22)25(32)28(2)20-6-7-20)18-5-3-10-29(16-18)24(31)8-12-30-11-4-9-26-30/h4,9,11,13-15,18,20,27H,3,5-8,10,12,16H2,1-2H3. The van der Waals surface area contributed by atoms with Gasteiger partial charge in [0.2, 0.25) is 5.91 Å². The molecule has 7 heteroatoms. The zero-order chi connectivity index (χ0) is 22.2. The summed E-state index contributed by atoms with van der Waals surface area (Å²) < 4.78 is 1.81. The van der Waals surface area contributed by atoms with Gasteiger partial charge in [-0.2, -0.15) is 5.10 Å². The maximum absolute atomic E-state index is 12.8. The van der Waals surface area contributed by atoms with E-state index in [-0.39, 0.29) is 11.8 Å². The molecule has 32 heavy (non-hydrogen) atoms. The third-order valence-corrected chi connectivity index (χ3v) is 6.97. The van der Waals surface area contributed by atoms with Crippen molar-refractivity contribution in [2.24, 2.45) is 0 Å². The van der Waals surface area contributed by atoms with Crippen molar-refractivity contribution in [2.45, 2.75) is 57.5 Å². The van der Waals surface area contributed by atoms with E-state index in [4.69, 9.17) is 0 Å². The fourth-order valence-electron chi connectivity index (χ4n) is 4.89. The van der Waals surface area contributed by atoms with Crippen molar-refractivity contribution in [3.05, 3.63) is 53.5 Å². The minimum Gasteiger partial charge on any atom is -0.351 e. The van der Waals surface area contributed by atoms with Gasteiger partial charge < -0.3 is 14.8 Å². The van der Waals surface area contributed by atoms with Crippen molar-refractivity contribution in [1.29, 1.82) is 0 Å². The van der Waals surface area contributed by atoms with E-state index < -0.39 is 0 Å². The highest BCUT2D eigenvalue weighted by Crippen LogP contribution is 2.32. The Kier molecular flexibility index (Phi) is 5.49. The zero-order valence-corrected chi connectivity index (χ0v) is 18.9. The number of rotatable bonds is 6. The van der Waals surface area contributed by atoms with Crippen LogP contribution in [0.15, 0.2) is 36.7 Å². The number of aromatic amines is 1. The van der Waals surface area contributed by atoms with E-state index in [0.29, 0.717) is 30.6 Å². The SMILES string of the molecule is Cc1cc(C2CCCN(C(=O)CCn3cccn3)C2)cc2[nH]c(C(=O)N(C)C3CC3)cc12. The van der Waals surface area contributed by atoms with E-state index in [9.17, 15) is 9.59 Å². The maximum atomic E-state index is 12.8. The zero-order valence-electron chi connectivity index (χ0n) is 18.9. The van der Waals surface area contributed by atoms with Crippen LogP contribution in [0.25, 0.3) is 10.9 Å². The molecule has 0 spiro atoms. The number of benzene rings is 1. The third kappa shape index (κ3) is 4.16. The molecule has 1 unspecified atom stereocenters. The molecule has 168 valence electrons. The largest absolute Gasteiger partial charge is 0.351 e. The number of hydrogen-bond donors (Lipinski definition) is 1. The summed E-state index contributed by atoms with van der Waals surface area (Å²) in [5.41, 5.74) is 4.09. The Morgan fingerprint density at radius 1 is 1.22 bits per heavy atom. The fourth-order valence-corrected chi connectivity index (χ4v) is 4.89. The third-order valence-electron chi connectivity index (χ3n) is 6.97. The lowest BCUT2D eigenvalue weighted by molar-refractivity contribution is -0.132. The normalized spacial score (nSPS) is 18.8. The molecule has 7 nitrogen and oxygen atoms in total. The summed E-state index contributed by atoms with van der Waals surface area (Å²) >= 11 is 0. The van der Waals surface area contributed by atoms with E-state index in [1.807, 2.05) is 35.2 Å². The van der Waals surface area contributed by atoms with E-state index in [0.717, 1.165) is 49.7 Å². The number of aromatic nitrogens is 3. The first-order chi connectivity index (χ1) is 15.5. The molecule has 1 saturated carbocycles. The number of aryl methyl sites for hydroxylation is 2. The Morgan fingerprint density at radius 3 is 2.81 bits per heavy atom. The smallest absolute Gasteiger partial charge is 0.270 e. The molecule has 2 fully saturated rings. The van der Waals surface area contributed by atoms with E-state index in [1.54, 1.807) is 10.9 Å². The minimum atomic E-state index is 0.0660. The summed E-state index contributed by atoms with van der Waals surface area (Å²) in [6, 6.07) is 8.67. The lowest BCUT2D eigenvalue weighted by Gasteiger charge is -2.33. The predicted molar refractivity (Wildman–Crippen MR) is 124 cm³/mol. The molecule has 5 rings (SSSR count). The number of carbonyl (C=O) groups excluding carboxylic acids is 2. The van der Waals surface area contributed by atoms with Crippen LogP contribution < -0.4 is 0 Å². The van der Waals surface area contributed by atoms with Crippen molar-refractivity contribution in [1.82, 2.24) is 24.6 Å². The highest BCUT2D eigenvalue weighted by molar-refractivity contribution is 5.99. The number of likely N-dealkylation sites (tertiary alicyclic amines) is 1. The predicted octanol–water partition coefficient (Wildman–Crippen LogP) is 3.70. The van der Waals surface area contributed by atoms with Crippen LogP contribution in [0.4, 0.5) is 0 Å². The number of hydrogen-bond acceptors (Lipinski definition) is 3. The molecular formula is C25H31N5O2. The molecule has 1 aliphatic heterocycles. The average molecular weight is 434 g/mol. The van der Waals surface area contributed by atoms with E-state index >= 15 is 0 Å². The molecule has 1 atom stereocenters. The van der Waals surface area contributed by atoms with Crippen LogP contribution in [-0.4, -0.2) is 62.6 Å². The number of H-pyrrole nitrogens is 1. The number of carbonyl (C=O) groups is 2. The Balaban J connectivity index is 1.31. The van der Waals surface area contributed by atoms with Crippen molar-refractivity contribution >= 4 is 22.7 Å². The number of nitrogens with zero attached hydrogens (tertiary/aromatic N) is 4. The lowest BCUT2D eigenvalue weighted by atomic mass is 9.89. The van der Waals surface area contributed by atoms with Gasteiger partial charge in [-0.15, -0.1) is 0 Å². The molecule has 1 N–H and O–H groups in total. The van der Waals surface area contributed by atoms with Crippen LogP contribution in [0.3, 0.4) is 0 Å². The van der Waals surface area contributed by atoms with Crippen LogP contribution in [0.5, 0.6) is 0 Å². The first-order valence-electron chi connectivity index (χ1n) is 11.6. The van der Waals surface area contributed by atoms with Crippen LogP contribution >= 0.6 is 0 Å². The summed E-state index contributed by atoms with van der Waals surface area (Å²) in [5, 5.41) is 5.29. The van der Waals surface area contributed by atoms with Crippen LogP contribution in [0.1, 0.15) is 59.6 Å². The molecule has 2 aliphatic rings. The van der Waals surface area contributed by atoms with E-state index in [2.05, 4.69) is 29.1 Å². The molecule has 3 heterocycles. The molecule has 2 amide bonds. The van der Waals surface area contributed by atoms with Crippen LogP contribution in [0.2, 0.25) is 0 Å². The number of nitrogens with one attached hydrogen (secondary N) is 1. The second-order valence-electron chi connectivity index (χ2n) is 9.33. The topological polar surface area (TPSA) is 74.2 Å². The van der Waals surface area contributed by atoms with E-state index in [1.165, 1.54) is 11.1 Å². The molecule has 1 aliphatic carbocycles. The Labute approximate surface area is 188 Å². The van der Waals surface area contributed by atoms with Gasteiger partial charge in [0.25, 0.3) is 5.91 Å². The number of piperidine rings is 1. The molecule has 3 aromatic rings. The van der Waals surface area contributed by atoms with Gasteiger partial charge in [0, 0.05) is 68.4 Å². The van der Waals surface area contributed by atoms with Gasteiger partial charge in [0.15, 0.2) is 0 Å². The number of fused-ring (bicyclic) bond motifs is 1. The fraction of sp³-hybridized carbons (Fsp3) is 0.480. The van der Waals surface area contributed by atoms with Crippen LogP contribution in [-0.2, 0) is 11.3 Å². The molecular weight excluding hydrogens is 402 g/mol. The van der Waals surface area contributed by atoms with Gasteiger partial charge in [-0.3, -0.25) is 14.3 Å². The molecule has 1 saturated heterocycles. The van der Waals surface area contributed by atoms with Crippen molar-refractivity contribution < 1.29 is 9.59 Å². The molecule has 1 aromatic carbocycles. The first-order valence-corrected chi connectivity index (χ1v) is 11.6. The van der Waals surface area contributed by atoms with Gasteiger partial charge >= 0.3 is 0 Å². The van der Waals surface area contributed by atoms with Crippen molar-refractivity contribution in [2.75, 3.05) is 20.1 Å². The molecule has 0 radical (unpaired) electrons. The second-order valence-corrected chi connectivity index (χ2v) is 9.33. The lowest BCUT2D eigenvalue weighted by Crippen LogP contribution is -2.39. The van der Waals surface area contributed by atoms with Crippen LogP contribution in [0, 0.1) is 6.92 Å². The van der Waals surface area contributed by atoms with Gasteiger partial charge in [0.05, 0.1) is 0 Å². The maximum Gasteiger partial charge on any atom is 0.270 e. The van der Waals surface area contributed by atoms with Gasteiger partial charge in [0.1, 0.15) is 5.69 Å². The molecule has 2 aromatic heterocycles. The molecule has 0 bridgehead atoms. The summed E-state index contributed by atoms with van der Waals surface area (Å²) in [7, 11) is 1.89. The summed E-state index contributed by atoms with van der Waals surface area (Å²) in [5.74, 6) is 0.576. The van der Waals surface area contributed by atoms with Gasteiger partial charge in [-0.25, -0.2) is 0 Å². The second kappa shape index (κ2) is 8.45. The summed E-state index contributed by atoms with van der Waals surface area (Å²) in [6.07, 6.45) is 8.39. The minimum absolute atomic E-state index is 0.0660. The monoisotopic (exact) mass is 433 g/mol. The van der Waals surface area contributed by atoms with Gasteiger partial charge in [-0.1, -0.05) is 6.07 Å². The highest BCUT2D eigenvalue weighted by Gasteiger charge is 2.31. The van der Waals surface area contributed by atoms with Gasteiger partial charge in [-0.05, 0) is 61.9 Å². The first kappa shape index (κ1) is 20.8. The summed E-state index contributed by atoms with van der Waals surface area (Å²) in [6.45, 7) is 4.30. The summed E-state index contributed by atoms with van der Waals surface area (Å²) in [4.78, 5) is 32.8. The Morgan fingerprint density at radius 2 is 2.06 bits per heavy atom. The Bertz CT molecular complexity index is 1130. The van der Waals surface area contributed by atoms with Crippen molar-refractivity contribution in [3.63, 3.8) is 0 Å². The average Bonchev–Trinajstić information content (AvgIpc) is 3.34. The quantitative estimate of drug-likeness (QED) is 0.644. The highest BCUT2D eigenvalue weighted by atomic mass is 16.2. The Hall–Kier alpha value is -3.09.